The van der Waals surface area contributed by atoms with Gasteiger partial charge in [0, 0.05) is 23.4 Å². The number of hydrogen-bond acceptors (Lipinski definition) is 5. The van der Waals surface area contributed by atoms with Crippen LogP contribution in [0.2, 0.25) is 0 Å². The highest BCUT2D eigenvalue weighted by molar-refractivity contribution is 7.71. The Hall–Kier alpha value is -2.78. The number of hydrogen-bond donors (Lipinski definition) is 3. The van der Waals surface area contributed by atoms with Crippen molar-refractivity contribution in [3.8, 4) is 11.4 Å². The molecule has 3 N–H and O–H groups in total. The van der Waals surface area contributed by atoms with Crippen LogP contribution in [-0.4, -0.2) is 26.6 Å². The fourth-order valence-electron chi connectivity index (χ4n) is 4.29. The Morgan fingerprint density at radius 1 is 1.24 bits per heavy atom. The fraction of sp³-hybridized carbons (Fsp3) is 0.440. The van der Waals surface area contributed by atoms with Gasteiger partial charge in [0.15, 0.2) is 10.6 Å². The van der Waals surface area contributed by atoms with Crippen LogP contribution in [0.25, 0.3) is 11.4 Å². The van der Waals surface area contributed by atoms with Crippen molar-refractivity contribution < 1.29 is 9.59 Å². The summed E-state index contributed by atoms with van der Waals surface area (Å²) in [6, 6.07) is 9.94. The first-order chi connectivity index (χ1) is 16.1. The molecule has 0 radical (unpaired) electrons. The minimum atomic E-state index is -0.291. The maximum Gasteiger partial charge on any atom is 0.279 e. The number of aromatic amines is 1. The minimum Gasteiger partial charge on any atom is -0.300 e. The molecule has 2 heterocycles. The molecule has 1 aliphatic carbocycles. The molecule has 2 aromatic heterocycles. The molecule has 1 atom stereocenters. The van der Waals surface area contributed by atoms with Gasteiger partial charge in [-0.2, -0.15) is 5.10 Å². The van der Waals surface area contributed by atoms with Gasteiger partial charge in [-0.15, -0.1) is 11.3 Å². The Morgan fingerprint density at radius 2 is 1.97 bits per heavy atom. The van der Waals surface area contributed by atoms with E-state index in [1.165, 1.54) is 21.8 Å². The van der Waals surface area contributed by atoms with Gasteiger partial charge in [0.1, 0.15) is 0 Å². The monoisotopic (exact) mass is 497 g/mol. The van der Waals surface area contributed by atoms with Gasteiger partial charge in [-0.3, -0.25) is 30.1 Å². The van der Waals surface area contributed by atoms with Crippen LogP contribution >= 0.6 is 23.6 Å². The summed E-state index contributed by atoms with van der Waals surface area (Å²) in [5.41, 5.74) is 8.69. The van der Waals surface area contributed by atoms with Gasteiger partial charge in [-0.25, -0.2) is 0 Å². The van der Waals surface area contributed by atoms with Crippen LogP contribution < -0.4 is 10.9 Å². The van der Waals surface area contributed by atoms with Crippen LogP contribution in [0.4, 0.5) is 0 Å². The zero-order valence-electron chi connectivity index (χ0n) is 20.0. The van der Waals surface area contributed by atoms with E-state index in [0.29, 0.717) is 27.9 Å². The molecule has 180 valence electrons. The molecule has 0 bridgehead atoms. The molecular weight excluding hydrogens is 466 g/mol. The fourth-order valence-corrected chi connectivity index (χ4v) is 5.61. The van der Waals surface area contributed by atoms with E-state index in [2.05, 4.69) is 41.8 Å². The number of rotatable bonds is 5. The van der Waals surface area contributed by atoms with Gasteiger partial charge in [0.05, 0.1) is 4.88 Å². The molecule has 0 saturated heterocycles. The van der Waals surface area contributed by atoms with E-state index < -0.39 is 0 Å². The molecule has 1 aliphatic rings. The molecule has 34 heavy (non-hydrogen) atoms. The Balaban J connectivity index is 1.32. The molecule has 1 unspecified atom stereocenters. The van der Waals surface area contributed by atoms with E-state index in [0.717, 1.165) is 30.4 Å². The number of nitrogens with one attached hydrogen (secondary N) is 3. The van der Waals surface area contributed by atoms with Crippen molar-refractivity contribution in [2.45, 2.75) is 59.9 Å². The average Bonchev–Trinajstić information content (AvgIpc) is 3.39. The maximum atomic E-state index is 12.6. The number of hydrazine groups is 1. The number of aryl methyl sites for hydroxylation is 2. The maximum absolute atomic E-state index is 12.6. The SMILES string of the molecule is Cc1ccc(-c2n[nH]c(=S)n2CCC(=O)NNC(=O)c2cc3c(s2)CCC(C(C)(C)C)C3)cc1. The summed E-state index contributed by atoms with van der Waals surface area (Å²) in [7, 11) is 0. The highest BCUT2D eigenvalue weighted by Gasteiger charge is 2.30. The molecule has 4 rings (SSSR count). The Labute approximate surface area is 209 Å². The van der Waals surface area contributed by atoms with Gasteiger partial charge in [-0.1, -0.05) is 50.6 Å². The summed E-state index contributed by atoms with van der Waals surface area (Å²) in [6.07, 6.45) is 3.32. The molecule has 0 saturated carbocycles. The van der Waals surface area contributed by atoms with E-state index in [9.17, 15) is 9.59 Å². The van der Waals surface area contributed by atoms with Crippen molar-refractivity contribution in [3.63, 3.8) is 0 Å². The lowest BCUT2D eigenvalue weighted by atomic mass is 9.72. The van der Waals surface area contributed by atoms with E-state index in [-0.39, 0.29) is 23.7 Å². The summed E-state index contributed by atoms with van der Waals surface area (Å²) in [5, 5.41) is 7.10. The van der Waals surface area contributed by atoms with Crippen LogP contribution in [0.1, 0.15) is 59.3 Å². The van der Waals surface area contributed by atoms with Crippen LogP contribution in [0, 0.1) is 23.0 Å². The lowest BCUT2D eigenvalue weighted by Crippen LogP contribution is -2.41. The van der Waals surface area contributed by atoms with Crippen molar-refractivity contribution in [1.82, 2.24) is 25.6 Å². The van der Waals surface area contributed by atoms with Crippen molar-refractivity contribution in [2.24, 2.45) is 11.3 Å². The molecule has 0 fully saturated rings. The van der Waals surface area contributed by atoms with Gasteiger partial charge in [0.25, 0.3) is 5.91 Å². The third-order valence-corrected chi connectivity index (χ3v) is 8.02. The number of H-pyrrole nitrogens is 1. The zero-order chi connectivity index (χ0) is 24.5. The first kappa shape index (κ1) is 24.3. The Bertz CT molecular complexity index is 1250. The zero-order valence-corrected chi connectivity index (χ0v) is 21.7. The van der Waals surface area contributed by atoms with Crippen molar-refractivity contribution >= 4 is 35.4 Å². The van der Waals surface area contributed by atoms with Crippen LogP contribution in [-0.2, 0) is 24.2 Å². The summed E-state index contributed by atoms with van der Waals surface area (Å²) < 4.78 is 2.24. The average molecular weight is 498 g/mol. The number of fused-ring (bicyclic) bond motifs is 1. The van der Waals surface area contributed by atoms with Gasteiger partial charge >= 0.3 is 0 Å². The van der Waals surface area contributed by atoms with Crippen LogP contribution in [0.15, 0.2) is 30.3 Å². The summed E-state index contributed by atoms with van der Waals surface area (Å²) in [5.74, 6) is 0.727. The lowest BCUT2D eigenvalue weighted by Gasteiger charge is -2.33. The topological polar surface area (TPSA) is 91.8 Å². The van der Waals surface area contributed by atoms with E-state index in [4.69, 9.17) is 12.2 Å². The molecule has 3 aromatic rings. The van der Waals surface area contributed by atoms with Gasteiger partial charge < -0.3 is 0 Å². The van der Waals surface area contributed by atoms with E-state index >= 15 is 0 Å². The van der Waals surface area contributed by atoms with Gasteiger partial charge in [0.2, 0.25) is 5.91 Å². The number of thiophene rings is 1. The van der Waals surface area contributed by atoms with Crippen LogP contribution in [0.3, 0.4) is 0 Å². The third-order valence-electron chi connectivity index (χ3n) is 6.48. The second kappa shape index (κ2) is 9.84. The molecule has 1 aromatic carbocycles. The second-order valence-corrected chi connectivity index (χ2v) is 11.5. The first-order valence-corrected chi connectivity index (χ1v) is 12.8. The smallest absolute Gasteiger partial charge is 0.279 e. The van der Waals surface area contributed by atoms with E-state index in [1.807, 2.05) is 37.3 Å². The number of amides is 2. The highest BCUT2D eigenvalue weighted by Crippen LogP contribution is 2.40. The van der Waals surface area contributed by atoms with Crippen molar-refractivity contribution in [2.75, 3.05) is 0 Å². The largest absolute Gasteiger partial charge is 0.300 e. The number of carbonyl (C=O) groups excluding carboxylic acids is 2. The molecule has 0 spiro atoms. The molecule has 7 nitrogen and oxygen atoms in total. The quantitative estimate of drug-likeness (QED) is 0.342. The first-order valence-electron chi connectivity index (χ1n) is 11.5. The normalized spacial score (nSPS) is 15.6. The highest BCUT2D eigenvalue weighted by atomic mass is 32.1. The number of carbonyl (C=O) groups is 2. The predicted molar refractivity (Wildman–Crippen MR) is 137 cm³/mol. The summed E-state index contributed by atoms with van der Waals surface area (Å²) >= 11 is 6.87. The second-order valence-electron chi connectivity index (χ2n) is 9.99. The lowest BCUT2D eigenvalue weighted by molar-refractivity contribution is -0.122. The molecule has 2 amide bonds. The minimum absolute atomic E-state index is 0.154. The molecule has 0 aliphatic heterocycles. The number of nitrogens with zero attached hydrogens (tertiary/aromatic N) is 2. The Morgan fingerprint density at radius 3 is 2.68 bits per heavy atom. The third kappa shape index (κ3) is 5.47. The Kier molecular flexibility index (Phi) is 7.04. The summed E-state index contributed by atoms with van der Waals surface area (Å²) in [6.45, 7) is 9.20. The van der Waals surface area contributed by atoms with Crippen molar-refractivity contribution in [1.29, 1.82) is 0 Å². The standard InChI is InChI=1S/C25H31N5O2S2/c1-15-5-7-16(8-6-15)22-27-29-24(33)30(22)12-11-21(31)26-28-23(32)20-14-17-13-18(25(2,3)4)9-10-19(17)34-20/h5-8,14,18H,9-13H2,1-4H3,(H,26,31)(H,28,32)(H,29,33). The number of benzene rings is 1. The summed E-state index contributed by atoms with van der Waals surface area (Å²) in [4.78, 5) is 27.0. The van der Waals surface area contributed by atoms with Gasteiger partial charge in [-0.05, 0) is 61.4 Å². The predicted octanol–water partition coefficient (Wildman–Crippen LogP) is 4.98. The van der Waals surface area contributed by atoms with Crippen LogP contribution in [0.5, 0.6) is 0 Å². The van der Waals surface area contributed by atoms with Crippen molar-refractivity contribution in [3.05, 3.63) is 56.0 Å². The van der Waals surface area contributed by atoms with E-state index in [1.54, 1.807) is 4.57 Å². The molecule has 9 heteroatoms. The number of aromatic nitrogens is 3. The molecular formula is C25H31N5O2S2.